The second-order valence-electron chi connectivity index (χ2n) is 2.31. The third-order valence-corrected chi connectivity index (χ3v) is 1.36. The molecule has 0 aliphatic carbocycles. The van der Waals surface area contributed by atoms with Crippen LogP contribution in [0.3, 0.4) is 0 Å². The van der Waals surface area contributed by atoms with E-state index in [1.54, 1.807) is 17.8 Å². The summed E-state index contributed by atoms with van der Waals surface area (Å²) in [6.07, 6.45) is 1.77. The third-order valence-electron chi connectivity index (χ3n) is 1.36. The quantitative estimate of drug-likeness (QED) is 0.622. The van der Waals surface area contributed by atoms with Gasteiger partial charge >= 0.3 is 5.97 Å². The van der Waals surface area contributed by atoms with E-state index in [9.17, 15) is 4.79 Å². The summed E-state index contributed by atoms with van der Waals surface area (Å²) in [6.45, 7) is 5.83. The van der Waals surface area contributed by atoms with Gasteiger partial charge in [0, 0.05) is 13.2 Å². The van der Waals surface area contributed by atoms with Crippen LogP contribution in [0.25, 0.3) is 0 Å². The van der Waals surface area contributed by atoms with Crippen LogP contribution >= 0.6 is 0 Å². The van der Waals surface area contributed by atoms with Crippen molar-refractivity contribution in [1.82, 2.24) is 9.55 Å². The maximum absolute atomic E-state index is 10.9. The van der Waals surface area contributed by atoms with E-state index in [1.165, 1.54) is 7.11 Å². The molecule has 0 radical (unpaired) electrons. The van der Waals surface area contributed by atoms with Crippen molar-refractivity contribution < 1.29 is 9.53 Å². The molecule has 0 unspecified atom stereocenters. The molecule has 0 bridgehead atoms. The van der Waals surface area contributed by atoms with E-state index in [1.807, 2.05) is 20.8 Å². The summed E-state index contributed by atoms with van der Waals surface area (Å²) in [5, 5.41) is 0. The van der Waals surface area contributed by atoms with Gasteiger partial charge in [0.2, 0.25) is 5.82 Å². The smallest absolute Gasteiger partial charge is 0.374 e. The zero-order valence-corrected chi connectivity index (χ0v) is 8.79. The fraction of sp³-hybridized carbons (Fsp3) is 0.556. The van der Waals surface area contributed by atoms with Crippen molar-refractivity contribution in [3.05, 3.63) is 17.7 Å². The van der Waals surface area contributed by atoms with Crippen LogP contribution in [0, 0.1) is 6.92 Å². The zero-order chi connectivity index (χ0) is 10.4. The second kappa shape index (κ2) is 5.35. The molecule has 4 heteroatoms. The highest BCUT2D eigenvalue weighted by molar-refractivity contribution is 5.85. The van der Waals surface area contributed by atoms with Crippen LogP contribution in [-0.2, 0) is 11.8 Å². The Hall–Kier alpha value is -1.32. The molecule has 0 aromatic carbocycles. The highest BCUT2D eigenvalue weighted by atomic mass is 16.5. The molecule has 13 heavy (non-hydrogen) atoms. The van der Waals surface area contributed by atoms with E-state index >= 15 is 0 Å². The van der Waals surface area contributed by atoms with Crippen LogP contribution in [0.4, 0.5) is 0 Å². The summed E-state index contributed by atoms with van der Waals surface area (Å²) in [5.74, 6) is -0.0643. The Bertz CT molecular complexity index is 279. The average Bonchev–Trinajstić information content (AvgIpc) is 2.47. The van der Waals surface area contributed by atoms with Crippen molar-refractivity contribution in [1.29, 1.82) is 0 Å². The lowest BCUT2D eigenvalue weighted by atomic mass is 10.6. The summed E-state index contributed by atoms with van der Waals surface area (Å²) < 4.78 is 6.15. The van der Waals surface area contributed by atoms with Gasteiger partial charge in [-0.2, -0.15) is 0 Å². The normalized spacial score (nSPS) is 8.69. The molecule has 1 aromatic rings. The molecule has 0 saturated heterocycles. The Morgan fingerprint density at radius 1 is 1.54 bits per heavy atom. The van der Waals surface area contributed by atoms with Crippen molar-refractivity contribution >= 4 is 5.97 Å². The highest BCUT2D eigenvalue weighted by Gasteiger charge is 2.11. The number of esters is 1. The summed E-state index contributed by atoms with van der Waals surface area (Å²) in [6, 6.07) is 0. The Kier molecular flexibility index (Phi) is 4.80. The summed E-state index contributed by atoms with van der Waals surface area (Å²) in [7, 11) is 3.10. The molecule has 1 aromatic heterocycles. The Balaban J connectivity index is 0.000000671. The van der Waals surface area contributed by atoms with Gasteiger partial charge < -0.3 is 9.30 Å². The summed E-state index contributed by atoms with van der Waals surface area (Å²) in [5.41, 5.74) is 0.813. The van der Waals surface area contributed by atoms with Gasteiger partial charge in [0.1, 0.15) is 0 Å². The Labute approximate surface area is 78.5 Å². The summed E-state index contributed by atoms with van der Waals surface area (Å²) >= 11 is 0. The number of hydrogen-bond donors (Lipinski definition) is 0. The maximum Gasteiger partial charge on any atom is 0.374 e. The molecule has 0 amide bonds. The Morgan fingerprint density at radius 2 is 2.08 bits per heavy atom. The number of aromatic nitrogens is 2. The minimum atomic E-state index is -0.402. The van der Waals surface area contributed by atoms with Crippen LogP contribution in [0.5, 0.6) is 0 Å². The molecule has 0 spiro atoms. The van der Waals surface area contributed by atoms with Crippen LogP contribution in [0.2, 0.25) is 0 Å². The molecule has 4 nitrogen and oxygen atoms in total. The van der Waals surface area contributed by atoms with Crippen molar-refractivity contribution in [3.63, 3.8) is 0 Å². The number of ether oxygens (including phenoxy) is 1. The van der Waals surface area contributed by atoms with Gasteiger partial charge in [0.25, 0.3) is 0 Å². The van der Waals surface area contributed by atoms with Crippen LogP contribution in [0.15, 0.2) is 6.20 Å². The molecular formula is C9H16N2O2. The first kappa shape index (κ1) is 11.7. The average molecular weight is 184 g/mol. The van der Waals surface area contributed by atoms with E-state index in [0.29, 0.717) is 5.82 Å². The molecule has 0 atom stereocenters. The molecule has 0 saturated carbocycles. The number of aryl methyl sites for hydroxylation is 2. The molecule has 0 fully saturated rings. The standard InChI is InChI=1S/C7H10N2O2.C2H6/c1-5-4-9(2)6(8-5)7(10)11-3;1-2/h4H,1-3H3;1-2H3. The molecule has 1 heterocycles. The van der Waals surface area contributed by atoms with Gasteiger partial charge in [-0.15, -0.1) is 0 Å². The lowest BCUT2D eigenvalue weighted by Crippen LogP contribution is -2.08. The first-order chi connectivity index (χ1) is 6.15. The van der Waals surface area contributed by atoms with Crippen LogP contribution in [0.1, 0.15) is 30.2 Å². The number of carbonyl (C=O) groups is 1. The first-order valence-corrected chi connectivity index (χ1v) is 4.23. The van der Waals surface area contributed by atoms with Gasteiger partial charge in [-0.05, 0) is 6.92 Å². The largest absolute Gasteiger partial charge is 0.463 e. The number of nitrogens with zero attached hydrogens (tertiary/aromatic N) is 2. The molecule has 0 aliphatic rings. The van der Waals surface area contributed by atoms with E-state index in [2.05, 4.69) is 9.72 Å². The number of carbonyl (C=O) groups excluding carboxylic acids is 1. The molecule has 0 aliphatic heterocycles. The minimum Gasteiger partial charge on any atom is -0.463 e. The third kappa shape index (κ3) is 2.89. The van der Waals surface area contributed by atoms with Crippen molar-refractivity contribution in [2.75, 3.05) is 7.11 Å². The fourth-order valence-electron chi connectivity index (χ4n) is 0.897. The van der Waals surface area contributed by atoms with Crippen LogP contribution < -0.4 is 0 Å². The number of rotatable bonds is 1. The van der Waals surface area contributed by atoms with Gasteiger partial charge in [0.15, 0.2) is 0 Å². The number of methoxy groups -OCH3 is 1. The molecule has 1 rings (SSSR count). The molecule has 74 valence electrons. The second-order valence-corrected chi connectivity index (χ2v) is 2.31. The molecule has 0 N–H and O–H groups in total. The maximum atomic E-state index is 10.9. The topological polar surface area (TPSA) is 44.1 Å². The van der Waals surface area contributed by atoms with E-state index in [-0.39, 0.29) is 0 Å². The number of imidazole rings is 1. The van der Waals surface area contributed by atoms with E-state index in [0.717, 1.165) is 5.69 Å². The van der Waals surface area contributed by atoms with Crippen LogP contribution in [-0.4, -0.2) is 22.6 Å². The summed E-state index contributed by atoms with van der Waals surface area (Å²) in [4.78, 5) is 14.9. The SMILES string of the molecule is CC.COC(=O)c1nc(C)cn1C. The number of hydrogen-bond acceptors (Lipinski definition) is 3. The lowest BCUT2D eigenvalue weighted by molar-refractivity contribution is 0.0582. The Morgan fingerprint density at radius 3 is 2.38 bits per heavy atom. The lowest BCUT2D eigenvalue weighted by Gasteiger charge is -1.96. The van der Waals surface area contributed by atoms with Crippen molar-refractivity contribution in [3.8, 4) is 0 Å². The minimum absolute atomic E-state index is 0.338. The zero-order valence-electron chi connectivity index (χ0n) is 8.79. The first-order valence-electron chi connectivity index (χ1n) is 4.23. The van der Waals surface area contributed by atoms with Gasteiger partial charge in [-0.1, -0.05) is 13.8 Å². The van der Waals surface area contributed by atoms with Gasteiger partial charge in [0.05, 0.1) is 12.8 Å². The van der Waals surface area contributed by atoms with E-state index in [4.69, 9.17) is 0 Å². The van der Waals surface area contributed by atoms with Crippen molar-refractivity contribution in [2.45, 2.75) is 20.8 Å². The predicted molar refractivity (Wildman–Crippen MR) is 50.6 cm³/mol. The predicted octanol–water partition coefficient (Wildman–Crippen LogP) is 1.54. The monoisotopic (exact) mass is 184 g/mol. The van der Waals surface area contributed by atoms with Crippen molar-refractivity contribution in [2.24, 2.45) is 7.05 Å². The molecular weight excluding hydrogens is 168 g/mol. The van der Waals surface area contributed by atoms with E-state index < -0.39 is 5.97 Å². The fourth-order valence-corrected chi connectivity index (χ4v) is 0.897. The van der Waals surface area contributed by atoms with Gasteiger partial charge in [-0.25, -0.2) is 9.78 Å². The highest BCUT2D eigenvalue weighted by Crippen LogP contribution is 2.00. The van der Waals surface area contributed by atoms with Gasteiger partial charge in [-0.3, -0.25) is 0 Å².